The van der Waals surface area contributed by atoms with Gasteiger partial charge in [-0.25, -0.2) is 0 Å². The lowest BCUT2D eigenvalue weighted by Gasteiger charge is -2.09. The summed E-state index contributed by atoms with van der Waals surface area (Å²) < 4.78 is 0.786. The van der Waals surface area contributed by atoms with Gasteiger partial charge in [0.25, 0.3) is 5.91 Å². The molecule has 0 spiro atoms. The number of ketones is 1. The van der Waals surface area contributed by atoms with E-state index in [4.69, 9.17) is 11.6 Å². The van der Waals surface area contributed by atoms with E-state index in [2.05, 4.69) is 5.32 Å². The molecule has 2 aromatic carbocycles. The second-order valence-electron chi connectivity index (χ2n) is 5.75. The van der Waals surface area contributed by atoms with Crippen LogP contribution in [-0.4, -0.2) is 23.2 Å². The number of halogens is 1. The van der Waals surface area contributed by atoms with Crippen LogP contribution < -0.4 is 5.32 Å². The molecule has 1 fully saturated rings. The Morgan fingerprint density at radius 3 is 2.37 bits per heavy atom. The Bertz CT molecular complexity index is 886. The van der Waals surface area contributed by atoms with Gasteiger partial charge in [-0.05, 0) is 29.3 Å². The zero-order valence-corrected chi connectivity index (χ0v) is 16.9. The molecule has 27 heavy (non-hydrogen) atoms. The number of hydrogen-bond acceptors (Lipinski definition) is 4. The van der Waals surface area contributed by atoms with Crippen molar-refractivity contribution in [2.24, 2.45) is 0 Å². The summed E-state index contributed by atoms with van der Waals surface area (Å²) in [5.74, 6) is 1.15. The third kappa shape index (κ3) is 5.51. The van der Waals surface area contributed by atoms with E-state index in [1.807, 2.05) is 48.5 Å². The average molecular weight is 416 g/mol. The van der Waals surface area contributed by atoms with Crippen molar-refractivity contribution >= 4 is 52.9 Å². The number of nitrogens with one attached hydrogen (secondary N) is 1. The molecule has 2 aromatic rings. The molecular weight excluding hydrogens is 398 g/mol. The van der Waals surface area contributed by atoms with Crippen molar-refractivity contribution in [1.82, 2.24) is 5.32 Å². The predicted molar refractivity (Wildman–Crippen MR) is 116 cm³/mol. The minimum absolute atomic E-state index is 0.210. The molecule has 0 aromatic heterocycles. The van der Waals surface area contributed by atoms with E-state index in [9.17, 15) is 9.59 Å². The zero-order valence-electron chi connectivity index (χ0n) is 14.5. The molecule has 1 amide bonds. The smallest absolute Gasteiger partial charge is 0.257 e. The van der Waals surface area contributed by atoms with E-state index >= 15 is 0 Å². The van der Waals surface area contributed by atoms with Crippen molar-refractivity contribution in [3.05, 3.63) is 86.6 Å². The Morgan fingerprint density at radius 1 is 1.00 bits per heavy atom. The molecular formula is C21H18ClNO2S2. The second-order valence-corrected chi connectivity index (χ2v) is 8.62. The van der Waals surface area contributed by atoms with Crippen LogP contribution in [-0.2, 0) is 16.1 Å². The lowest BCUT2D eigenvalue weighted by molar-refractivity contribution is -0.121. The zero-order chi connectivity index (χ0) is 19.1. The molecule has 1 N–H and O–H groups in total. The normalized spacial score (nSPS) is 13.7. The highest BCUT2D eigenvalue weighted by Gasteiger charge is 2.24. The summed E-state index contributed by atoms with van der Waals surface area (Å²) in [4.78, 5) is 25.5. The van der Waals surface area contributed by atoms with Gasteiger partial charge >= 0.3 is 0 Å². The largest absolute Gasteiger partial charge is 0.348 e. The second kappa shape index (κ2) is 9.83. The monoisotopic (exact) mass is 415 g/mol. The van der Waals surface area contributed by atoms with Crippen molar-refractivity contribution in [2.75, 3.05) is 11.5 Å². The van der Waals surface area contributed by atoms with Crippen molar-refractivity contribution in [3.63, 3.8) is 0 Å². The minimum Gasteiger partial charge on any atom is -0.348 e. The topological polar surface area (TPSA) is 46.2 Å². The molecule has 1 aliphatic rings. The lowest BCUT2D eigenvalue weighted by atomic mass is 10.1. The number of rotatable bonds is 6. The fourth-order valence-electron chi connectivity index (χ4n) is 2.49. The van der Waals surface area contributed by atoms with E-state index in [1.165, 1.54) is 6.08 Å². The number of carbonyl (C=O) groups excluding carboxylic acids is 2. The lowest BCUT2D eigenvalue weighted by Crippen LogP contribution is -2.28. The molecule has 1 heterocycles. The van der Waals surface area contributed by atoms with E-state index < -0.39 is 0 Å². The van der Waals surface area contributed by atoms with Gasteiger partial charge in [-0.1, -0.05) is 60.1 Å². The minimum atomic E-state index is -0.343. The first-order valence-electron chi connectivity index (χ1n) is 8.44. The van der Waals surface area contributed by atoms with Crippen LogP contribution in [0.3, 0.4) is 0 Å². The van der Waals surface area contributed by atoms with Crippen LogP contribution >= 0.6 is 35.1 Å². The number of hydrogen-bond donors (Lipinski definition) is 1. The maximum Gasteiger partial charge on any atom is 0.257 e. The van der Waals surface area contributed by atoms with Gasteiger partial charge in [-0.2, -0.15) is 0 Å². The Hall–Kier alpha value is -1.95. The van der Waals surface area contributed by atoms with Crippen molar-refractivity contribution in [1.29, 1.82) is 0 Å². The van der Waals surface area contributed by atoms with Gasteiger partial charge in [0.05, 0.1) is 4.24 Å². The van der Waals surface area contributed by atoms with Crippen LogP contribution in [0.25, 0.3) is 6.08 Å². The van der Waals surface area contributed by atoms with Gasteiger partial charge < -0.3 is 5.32 Å². The van der Waals surface area contributed by atoms with Crippen LogP contribution in [0.1, 0.15) is 11.1 Å². The Kier molecular flexibility index (Phi) is 7.21. The number of amides is 1. The molecule has 0 unspecified atom stereocenters. The van der Waals surface area contributed by atoms with Gasteiger partial charge in [0.2, 0.25) is 0 Å². The van der Waals surface area contributed by atoms with E-state index in [1.54, 1.807) is 35.7 Å². The molecule has 3 rings (SSSR count). The Morgan fingerprint density at radius 2 is 1.67 bits per heavy atom. The van der Waals surface area contributed by atoms with Gasteiger partial charge in [-0.15, -0.1) is 23.5 Å². The summed E-state index contributed by atoms with van der Waals surface area (Å²) in [5.41, 5.74) is 1.94. The summed E-state index contributed by atoms with van der Waals surface area (Å²) in [7, 11) is 0. The number of allylic oxidation sites excluding steroid dienone is 1. The van der Waals surface area contributed by atoms with Gasteiger partial charge in [0, 0.05) is 23.1 Å². The summed E-state index contributed by atoms with van der Waals surface area (Å²) >= 11 is 9.24. The first kappa shape index (κ1) is 19.8. The fourth-order valence-corrected chi connectivity index (χ4v) is 5.23. The van der Waals surface area contributed by atoms with Crippen LogP contribution in [0.4, 0.5) is 0 Å². The van der Waals surface area contributed by atoms with Crippen LogP contribution in [0.15, 0.2) is 70.5 Å². The van der Waals surface area contributed by atoms with Crippen LogP contribution in [0, 0.1) is 0 Å². The quantitative estimate of drug-likeness (QED) is 0.412. The summed E-state index contributed by atoms with van der Waals surface area (Å²) in [6.07, 6.45) is 3.07. The van der Waals surface area contributed by atoms with Crippen LogP contribution in [0.2, 0.25) is 5.02 Å². The highest BCUT2D eigenvalue weighted by Crippen LogP contribution is 2.39. The average Bonchev–Trinajstić information content (AvgIpc) is 3.21. The Labute approximate surface area is 172 Å². The van der Waals surface area contributed by atoms with Crippen LogP contribution in [0.5, 0.6) is 0 Å². The van der Waals surface area contributed by atoms with Crippen molar-refractivity contribution in [3.8, 4) is 0 Å². The van der Waals surface area contributed by atoms with Crippen molar-refractivity contribution in [2.45, 2.75) is 6.54 Å². The fraction of sp³-hybridized carbons (Fsp3) is 0.143. The van der Waals surface area contributed by atoms with E-state index in [0.29, 0.717) is 11.6 Å². The summed E-state index contributed by atoms with van der Waals surface area (Å²) in [6, 6.07) is 16.9. The van der Waals surface area contributed by atoms with Crippen molar-refractivity contribution < 1.29 is 9.59 Å². The standard InChI is InChI=1S/C21H18ClNO2S2/c22-17-9-5-4-8-16(17)10-11-18(24)19(21-26-12-13-27-21)20(25)23-14-15-6-2-1-3-7-15/h1-11H,12-14H2,(H,23,25)/b11-10+. The third-order valence-corrected chi connectivity index (χ3v) is 6.90. The maximum atomic E-state index is 12.8. The molecule has 1 aliphatic heterocycles. The summed E-state index contributed by atoms with van der Waals surface area (Å²) in [5, 5.41) is 3.43. The molecule has 0 aliphatic carbocycles. The highest BCUT2D eigenvalue weighted by molar-refractivity contribution is 8.25. The number of thioether (sulfide) groups is 2. The molecule has 3 nitrogen and oxygen atoms in total. The number of carbonyl (C=O) groups is 2. The van der Waals surface area contributed by atoms with Gasteiger partial charge in [-0.3, -0.25) is 9.59 Å². The molecule has 1 saturated heterocycles. The molecule has 0 bridgehead atoms. The van der Waals surface area contributed by atoms with E-state index in [0.717, 1.165) is 26.9 Å². The maximum absolute atomic E-state index is 12.8. The predicted octanol–water partition coefficient (Wildman–Crippen LogP) is 4.93. The third-order valence-electron chi connectivity index (χ3n) is 3.84. The first-order chi connectivity index (χ1) is 13.1. The summed E-state index contributed by atoms with van der Waals surface area (Å²) in [6.45, 7) is 0.382. The molecule has 0 atom stereocenters. The first-order valence-corrected chi connectivity index (χ1v) is 10.8. The highest BCUT2D eigenvalue weighted by atomic mass is 35.5. The van der Waals surface area contributed by atoms with Gasteiger partial charge in [0.15, 0.2) is 5.78 Å². The van der Waals surface area contributed by atoms with E-state index in [-0.39, 0.29) is 17.3 Å². The molecule has 138 valence electrons. The Balaban J connectivity index is 1.77. The molecule has 0 saturated carbocycles. The number of benzene rings is 2. The molecule has 6 heteroatoms. The van der Waals surface area contributed by atoms with Gasteiger partial charge in [0.1, 0.15) is 5.57 Å². The SMILES string of the molecule is O=C(/C=C/c1ccccc1Cl)C(C(=O)NCc1ccccc1)=C1SCCS1. The molecule has 0 radical (unpaired) electrons.